The predicted octanol–water partition coefficient (Wildman–Crippen LogP) is 3.67. The third kappa shape index (κ3) is 4.23. The number of hydrogen-bond acceptors (Lipinski definition) is 7. The Bertz CT molecular complexity index is 1280. The Labute approximate surface area is 198 Å². The van der Waals surface area contributed by atoms with Gasteiger partial charge in [-0.2, -0.15) is 0 Å². The van der Waals surface area contributed by atoms with E-state index in [2.05, 4.69) is 5.32 Å². The molecule has 0 aliphatic heterocycles. The number of ether oxygens (including phenoxy) is 3. The molecule has 0 radical (unpaired) electrons. The molecule has 1 aliphatic carbocycles. The smallest absolute Gasteiger partial charge is 0.302 e. The van der Waals surface area contributed by atoms with Crippen LogP contribution in [0.4, 0.5) is 5.82 Å². The minimum Gasteiger partial charge on any atom is -0.497 e. The number of nitrogens with zero attached hydrogens (tertiary/aromatic N) is 2. The fourth-order valence-electron chi connectivity index (χ4n) is 4.49. The number of aryl methyl sites for hydroxylation is 1. The first-order valence-corrected chi connectivity index (χ1v) is 11.2. The van der Waals surface area contributed by atoms with Gasteiger partial charge in [0.05, 0.1) is 26.0 Å². The van der Waals surface area contributed by atoms with Gasteiger partial charge in [0.1, 0.15) is 29.1 Å². The molecule has 8 heteroatoms. The molecule has 3 aromatic rings. The molecule has 1 heterocycles. The highest BCUT2D eigenvalue weighted by Gasteiger charge is 2.35. The van der Waals surface area contributed by atoms with Gasteiger partial charge in [0.15, 0.2) is 0 Å². The van der Waals surface area contributed by atoms with E-state index in [0.717, 1.165) is 16.8 Å². The molecule has 0 spiro atoms. The number of rotatable bonds is 7. The molecular weight excluding hydrogens is 434 g/mol. The number of fused-ring (bicyclic) bond motifs is 1. The zero-order valence-corrected chi connectivity index (χ0v) is 20.0. The van der Waals surface area contributed by atoms with Crippen molar-refractivity contribution in [1.29, 1.82) is 0 Å². The lowest BCUT2D eigenvalue weighted by atomic mass is 10.1. The number of carbonyl (C=O) groups excluding carboxylic acids is 1. The van der Waals surface area contributed by atoms with Gasteiger partial charge >= 0.3 is 5.97 Å². The van der Waals surface area contributed by atoms with Crippen molar-refractivity contribution in [1.82, 2.24) is 9.55 Å². The van der Waals surface area contributed by atoms with Gasteiger partial charge in [0.2, 0.25) is 0 Å². The van der Waals surface area contributed by atoms with Crippen molar-refractivity contribution in [3.8, 4) is 22.8 Å². The van der Waals surface area contributed by atoms with E-state index in [9.17, 15) is 9.59 Å². The van der Waals surface area contributed by atoms with Crippen LogP contribution in [0, 0.1) is 0 Å². The van der Waals surface area contributed by atoms with Crippen LogP contribution in [0.1, 0.15) is 36.7 Å². The minimum absolute atomic E-state index is 0.265. The number of aromatic nitrogens is 2. The van der Waals surface area contributed by atoms with E-state index in [1.54, 1.807) is 44.0 Å². The van der Waals surface area contributed by atoms with Crippen molar-refractivity contribution in [2.45, 2.75) is 38.8 Å². The quantitative estimate of drug-likeness (QED) is 0.535. The Kier molecular flexibility index (Phi) is 6.58. The standard InChI is InChI=1S/C26H29N3O5/c1-6-20-25(28-23-18-10-8-7-9-16(18)13-22(23)34-15(2)30)29(3)26(31)24(27-20)19-12-11-17(32-4)14-21(19)33-5/h7-12,14,22-23,28H,6,13H2,1-5H3/t22-,23-/m0/s1. The number of methoxy groups -OCH3 is 2. The Hall–Kier alpha value is -3.81. The Morgan fingerprint density at radius 1 is 1.18 bits per heavy atom. The lowest BCUT2D eigenvalue weighted by Crippen LogP contribution is -2.31. The third-order valence-electron chi connectivity index (χ3n) is 6.15. The van der Waals surface area contributed by atoms with Crippen LogP contribution in [0.5, 0.6) is 11.5 Å². The summed E-state index contributed by atoms with van der Waals surface area (Å²) in [5.74, 6) is 1.39. The van der Waals surface area contributed by atoms with Crippen molar-refractivity contribution < 1.29 is 19.0 Å². The van der Waals surface area contributed by atoms with Crippen LogP contribution in [-0.4, -0.2) is 35.8 Å². The van der Waals surface area contributed by atoms with E-state index in [1.807, 2.05) is 31.2 Å². The van der Waals surface area contributed by atoms with Gasteiger partial charge in [0, 0.05) is 32.0 Å². The lowest BCUT2D eigenvalue weighted by Gasteiger charge is -2.25. The lowest BCUT2D eigenvalue weighted by molar-refractivity contribution is -0.146. The molecular formula is C26H29N3O5. The highest BCUT2D eigenvalue weighted by molar-refractivity contribution is 5.69. The summed E-state index contributed by atoms with van der Waals surface area (Å²) in [4.78, 5) is 30.0. The van der Waals surface area contributed by atoms with Crippen LogP contribution in [0.25, 0.3) is 11.3 Å². The highest BCUT2D eigenvalue weighted by Crippen LogP contribution is 2.37. The Morgan fingerprint density at radius 3 is 2.62 bits per heavy atom. The molecule has 0 unspecified atom stereocenters. The molecule has 1 aliphatic rings. The molecule has 178 valence electrons. The molecule has 1 aromatic heterocycles. The summed E-state index contributed by atoms with van der Waals surface area (Å²) in [6.45, 7) is 3.39. The monoisotopic (exact) mass is 463 g/mol. The van der Waals surface area contributed by atoms with Crippen LogP contribution in [-0.2, 0) is 29.4 Å². The molecule has 2 atom stereocenters. The van der Waals surface area contributed by atoms with E-state index >= 15 is 0 Å². The van der Waals surface area contributed by atoms with Crippen LogP contribution < -0.4 is 20.3 Å². The fourth-order valence-corrected chi connectivity index (χ4v) is 4.49. The first-order valence-electron chi connectivity index (χ1n) is 11.2. The molecule has 2 aromatic carbocycles. The normalized spacial score (nSPS) is 16.6. The second kappa shape index (κ2) is 9.59. The maximum atomic E-state index is 13.4. The molecule has 0 saturated carbocycles. The Balaban J connectivity index is 1.79. The zero-order valence-electron chi connectivity index (χ0n) is 20.0. The van der Waals surface area contributed by atoms with Crippen LogP contribution in [0.3, 0.4) is 0 Å². The predicted molar refractivity (Wildman–Crippen MR) is 129 cm³/mol. The summed E-state index contributed by atoms with van der Waals surface area (Å²) in [6.07, 6.45) is 0.822. The maximum absolute atomic E-state index is 13.4. The van der Waals surface area contributed by atoms with Crippen molar-refractivity contribution >= 4 is 11.8 Å². The van der Waals surface area contributed by atoms with E-state index in [1.165, 1.54) is 6.92 Å². The molecule has 0 bridgehead atoms. The zero-order chi connectivity index (χ0) is 24.4. The largest absolute Gasteiger partial charge is 0.497 e. The topological polar surface area (TPSA) is 91.7 Å². The number of esters is 1. The van der Waals surface area contributed by atoms with E-state index in [-0.39, 0.29) is 23.7 Å². The van der Waals surface area contributed by atoms with E-state index in [4.69, 9.17) is 19.2 Å². The van der Waals surface area contributed by atoms with Crippen LogP contribution in [0.2, 0.25) is 0 Å². The summed E-state index contributed by atoms with van der Waals surface area (Å²) >= 11 is 0. The van der Waals surface area contributed by atoms with Gasteiger partial charge < -0.3 is 19.5 Å². The third-order valence-corrected chi connectivity index (χ3v) is 6.15. The molecule has 34 heavy (non-hydrogen) atoms. The van der Waals surface area contributed by atoms with Gasteiger partial charge in [-0.1, -0.05) is 31.2 Å². The van der Waals surface area contributed by atoms with E-state index in [0.29, 0.717) is 41.4 Å². The average molecular weight is 464 g/mol. The summed E-state index contributed by atoms with van der Waals surface area (Å²) < 4.78 is 18.0. The van der Waals surface area contributed by atoms with Crippen LogP contribution >= 0.6 is 0 Å². The van der Waals surface area contributed by atoms with Crippen molar-refractivity contribution in [3.05, 3.63) is 69.6 Å². The Morgan fingerprint density at radius 2 is 1.94 bits per heavy atom. The number of hydrogen-bond donors (Lipinski definition) is 1. The molecule has 0 fully saturated rings. The van der Waals surface area contributed by atoms with Crippen molar-refractivity contribution in [2.75, 3.05) is 19.5 Å². The van der Waals surface area contributed by atoms with Crippen LogP contribution in [0.15, 0.2) is 47.3 Å². The SMILES string of the molecule is CCc1nc(-c2ccc(OC)cc2OC)c(=O)n(C)c1N[C@H]1c2ccccc2C[C@@H]1OC(C)=O. The van der Waals surface area contributed by atoms with E-state index < -0.39 is 0 Å². The maximum Gasteiger partial charge on any atom is 0.302 e. The first kappa shape index (κ1) is 23.4. The summed E-state index contributed by atoms with van der Waals surface area (Å²) in [7, 11) is 4.84. The number of nitrogens with one attached hydrogen (secondary N) is 1. The molecule has 8 nitrogen and oxygen atoms in total. The first-order chi connectivity index (χ1) is 16.4. The number of benzene rings is 2. The minimum atomic E-state index is -0.379. The number of carbonyl (C=O) groups is 1. The van der Waals surface area contributed by atoms with Crippen molar-refractivity contribution in [3.63, 3.8) is 0 Å². The average Bonchev–Trinajstić information content (AvgIpc) is 3.18. The molecule has 0 saturated heterocycles. The van der Waals surface area contributed by atoms with Gasteiger partial charge in [-0.05, 0) is 29.7 Å². The molecule has 1 N–H and O–H groups in total. The summed E-state index contributed by atoms with van der Waals surface area (Å²) in [5, 5.41) is 3.48. The second-order valence-corrected chi connectivity index (χ2v) is 8.21. The summed E-state index contributed by atoms with van der Waals surface area (Å²) in [5.41, 5.74) is 3.51. The fraction of sp³-hybridized carbons (Fsp3) is 0.346. The highest BCUT2D eigenvalue weighted by atomic mass is 16.5. The van der Waals surface area contributed by atoms with Gasteiger partial charge in [-0.3, -0.25) is 14.2 Å². The van der Waals surface area contributed by atoms with Gasteiger partial charge in [-0.15, -0.1) is 0 Å². The second-order valence-electron chi connectivity index (χ2n) is 8.21. The molecule has 4 rings (SSSR count). The summed E-state index contributed by atoms with van der Waals surface area (Å²) in [6, 6.07) is 13.0. The molecule has 0 amide bonds. The van der Waals surface area contributed by atoms with Gasteiger partial charge in [-0.25, -0.2) is 4.98 Å². The number of anilines is 1. The van der Waals surface area contributed by atoms with Gasteiger partial charge in [0.25, 0.3) is 5.56 Å². The van der Waals surface area contributed by atoms with Crippen molar-refractivity contribution in [2.24, 2.45) is 7.05 Å².